The lowest BCUT2D eigenvalue weighted by Gasteiger charge is -2.42. The van der Waals surface area contributed by atoms with Crippen LogP contribution in [-0.4, -0.2) is 41.5 Å². The van der Waals surface area contributed by atoms with E-state index in [0.29, 0.717) is 30.5 Å². The van der Waals surface area contributed by atoms with Crippen molar-refractivity contribution in [1.29, 1.82) is 0 Å². The van der Waals surface area contributed by atoms with Crippen molar-refractivity contribution in [3.8, 4) is 17.4 Å². The van der Waals surface area contributed by atoms with Gasteiger partial charge in [0.25, 0.3) is 5.91 Å². The fraction of sp³-hybridized carbons (Fsp3) is 0.400. The first-order valence-electron chi connectivity index (χ1n) is 8.79. The Balaban J connectivity index is 0.00000196. The maximum atomic E-state index is 12.4. The van der Waals surface area contributed by atoms with Crippen LogP contribution in [0.15, 0.2) is 48.7 Å². The Hall–Kier alpha value is -2.02. The first kappa shape index (κ1) is 24.0. The van der Waals surface area contributed by atoms with Crippen LogP contribution >= 0.6 is 24.8 Å². The molecule has 1 aromatic heterocycles. The van der Waals surface area contributed by atoms with E-state index < -0.39 is 0 Å². The number of rotatable bonds is 5. The van der Waals surface area contributed by atoms with Gasteiger partial charge in [-0.25, -0.2) is 4.98 Å². The van der Waals surface area contributed by atoms with Crippen molar-refractivity contribution in [3.63, 3.8) is 0 Å². The third-order valence-electron chi connectivity index (χ3n) is 4.71. The zero-order valence-corrected chi connectivity index (χ0v) is 17.7. The summed E-state index contributed by atoms with van der Waals surface area (Å²) >= 11 is 0. The Kier molecular flexibility index (Phi) is 9.01. The van der Waals surface area contributed by atoms with Crippen LogP contribution in [0.3, 0.4) is 0 Å². The second-order valence-corrected chi connectivity index (χ2v) is 7.23. The molecule has 1 unspecified atom stereocenters. The van der Waals surface area contributed by atoms with E-state index in [2.05, 4.69) is 18.8 Å². The number of carbonyl (C=O) groups is 1. The smallest absolute Gasteiger partial charge is 0.260 e. The standard InChI is InChI=1S/C20H25N3O3.2ClH/c1-20(2)14-23(12-10-17(20)21)19(24)13-25-15-6-8-16(9-7-15)26-18-5-3-4-11-22-18;;/h3-9,11,17H,10,12-14,21H2,1-2H3;2*1H. The van der Waals surface area contributed by atoms with Crippen LogP contribution in [-0.2, 0) is 4.79 Å². The van der Waals surface area contributed by atoms with Crippen molar-refractivity contribution >= 4 is 30.7 Å². The third-order valence-corrected chi connectivity index (χ3v) is 4.71. The number of amides is 1. The summed E-state index contributed by atoms with van der Waals surface area (Å²) < 4.78 is 11.3. The number of pyridine rings is 1. The molecule has 0 saturated carbocycles. The predicted molar refractivity (Wildman–Crippen MR) is 114 cm³/mol. The number of nitrogens with zero attached hydrogens (tertiary/aromatic N) is 2. The normalized spacial score (nSPS) is 17.7. The van der Waals surface area contributed by atoms with E-state index in [1.54, 1.807) is 36.5 Å². The molecule has 8 heteroatoms. The van der Waals surface area contributed by atoms with Gasteiger partial charge >= 0.3 is 0 Å². The average molecular weight is 428 g/mol. The van der Waals surface area contributed by atoms with E-state index in [-0.39, 0.29) is 48.8 Å². The molecule has 6 nitrogen and oxygen atoms in total. The lowest BCUT2D eigenvalue weighted by molar-refractivity contribution is -0.136. The Morgan fingerprint density at radius 1 is 1.18 bits per heavy atom. The monoisotopic (exact) mass is 427 g/mol. The number of hydrogen-bond acceptors (Lipinski definition) is 5. The van der Waals surface area contributed by atoms with Crippen molar-refractivity contribution in [3.05, 3.63) is 48.7 Å². The summed E-state index contributed by atoms with van der Waals surface area (Å²) in [5.41, 5.74) is 6.05. The highest BCUT2D eigenvalue weighted by Gasteiger charge is 2.35. The van der Waals surface area contributed by atoms with Gasteiger partial charge < -0.3 is 20.1 Å². The predicted octanol–water partition coefficient (Wildman–Crippen LogP) is 3.68. The Labute approximate surface area is 178 Å². The molecule has 0 bridgehead atoms. The van der Waals surface area contributed by atoms with E-state index in [0.717, 1.165) is 6.42 Å². The molecular weight excluding hydrogens is 401 g/mol. The molecule has 154 valence electrons. The number of nitrogens with two attached hydrogens (primary N) is 1. The molecule has 1 fully saturated rings. The van der Waals surface area contributed by atoms with E-state index in [9.17, 15) is 4.79 Å². The molecule has 3 rings (SSSR count). The molecule has 2 N–H and O–H groups in total. The lowest BCUT2D eigenvalue weighted by Crippen LogP contribution is -2.54. The van der Waals surface area contributed by atoms with Gasteiger partial charge in [-0.2, -0.15) is 0 Å². The number of likely N-dealkylation sites (tertiary alicyclic amines) is 1. The lowest BCUT2D eigenvalue weighted by atomic mass is 9.80. The summed E-state index contributed by atoms with van der Waals surface area (Å²) in [6, 6.07) is 12.7. The number of carbonyl (C=O) groups excluding carboxylic acids is 1. The second-order valence-electron chi connectivity index (χ2n) is 7.23. The maximum absolute atomic E-state index is 12.4. The van der Waals surface area contributed by atoms with Crippen LogP contribution in [0.1, 0.15) is 20.3 Å². The molecule has 2 heterocycles. The van der Waals surface area contributed by atoms with E-state index >= 15 is 0 Å². The van der Waals surface area contributed by atoms with Crippen molar-refractivity contribution in [2.75, 3.05) is 19.7 Å². The summed E-state index contributed by atoms with van der Waals surface area (Å²) in [7, 11) is 0. The van der Waals surface area contributed by atoms with Crippen LogP contribution in [0.25, 0.3) is 0 Å². The highest BCUT2D eigenvalue weighted by atomic mass is 35.5. The SMILES string of the molecule is CC1(C)CN(C(=O)COc2ccc(Oc3ccccn3)cc2)CCC1N.Cl.Cl. The molecule has 28 heavy (non-hydrogen) atoms. The molecule has 0 radical (unpaired) electrons. The summed E-state index contributed by atoms with van der Waals surface area (Å²) in [6.07, 6.45) is 2.49. The largest absolute Gasteiger partial charge is 0.484 e. The molecule has 0 aliphatic carbocycles. The summed E-state index contributed by atoms with van der Waals surface area (Å²) in [5, 5.41) is 0. The third kappa shape index (κ3) is 6.26. The van der Waals surface area contributed by atoms with Gasteiger partial charge in [-0.15, -0.1) is 24.8 Å². The molecule has 0 spiro atoms. The Morgan fingerprint density at radius 3 is 2.46 bits per heavy atom. The van der Waals surface area contributed by atoms with Gasteiger partial charge in [-0.1, -0.05) is 19.9 Å². The van der Waals surface area contributed by atoms with Crippen molar-refractivity contribution in [1.82, 2.24) is 9.88 Å². The second kappa shape index (κ2) is 10.5. The van der Waals surface area contributed by atoms with Gasteiger partial charge in [0.15, 0.2) is 6.61 Å². The minimum atomic E-state index is -0.0711. The highest BCUT2D eigenvalue weighted by molar-refractivity contribution is 5.85. The van der Waals surface area contributed by atoms with Gasteiger partial charge in [0.2, 0.25) is 5.88 Å². The molecule has 1 amide bonds. The summed E-state index contributed by atoms with van der Waals surface area (Å²) in [5.74, 6) is 1.80. The Morgan fingerprint density at radius 2 is 1.86 bits per heavy atom. The highest BCUT2D eigenvalue weighted by Crippen LogP contribution is 2.28. The minimum absolute atomic E-state index is 0. The number of benzene rings is 1. The molecule has 1 aliphatic heterocycles. The van der Waals surface area contributed by atoms with E-state index in [1.807, 2.05) is 17.0 Å². The first-order chi connectivity index (χ1) is 12.4. The van der Waals surface area contributed by atoms with Gasteiger partial charge in [0, 0.05) is 31.4 Å². The number of halogens is 2. The van der Waals surface area contributed by atoms with Gasteiger partial charge in [-0.3, -0.25) is 4.79 Å². The van der Waals surface area contributed by atoms with Crippen LogP contribution in [0.5, 0.6) is 17.4 Å². The Bertz CT molecular complexity index is 742. The van der Waals surface area contributed by atoms with Crippen LogP contribution in [0.2, 0.25) is 0 Å². The molecular formula is C20H27Cl2N3O3. The number of hydrogen-bond donors (Lipinski definition) is 1. The van der Waals surface area contributed by atoms with Gasteiger partial charge in [0.1, 0.15) is 11.5 Å². The molecule has 1 aliphatic rings. The fourth-order valence-corrected chi connectivity index (χ4v) is 2.96. The quantitative estimate of drug-likeness (QED) is 0.786. The first-order valence-corrected chi connectivity index (χ1v) is 8.79. The van der Waals surface area contributed by atoms with Crippen molar-refractivity contribution < 1.29 is 14.3 Å². The van der Waals surface area contributed by atoms with Crippen molar-refractivity contribution in [2.24, 2.45) is 11.1 Å². The van der Waals surface area contributed by atoms with Gasteiger partial charge in [-0.05, 0) is 42.2 Å². The van der Waals surface area contributed by atoms with E-state index in [4.69, 9.17) is 15.2 Å². The number of ether oxygens (including phenoxy) is 2. The van der Waals surface area contributed by atoms with Gasteiger partial charge in [0.05, 0.1) is 0 Å². The minimum Gasteiger partial charge on any atom is -0.484 e. The van der Waals surface area contributed by atoms with Crippen LogP contribution < -0.4 is 15.2 Å². The molecule has 2 aromatic rings. The summed E-state index contributed by atoms with van der Waals surface area (Å²) in [6.45, 7) is 5.55. The molecule has 1 aromatic carbocycles. The zero-order valence-electron chi connectivity index (χ0n) is 16.0. The topological polar surface area (TPSA) is 77.7 Å². The molecule has 1 atom stereocenters. The van der Waals surface area contributed by atoms with E-state index in [1.165, 1.54) is 0 Å². The molecule has 1 saturated heterocycles. The average Bonchev–Trinajstić information content (AvgIpc) is 2.64. The summed E-state index contributed by atoms with van der Waals surface area (Å²) in [4.78, 5) is 18.3. The number of piperidine rings is 1. The van der Waals surface area contributed by atoms with Crippen LogP contribution in [0.4, 0.5) is 0 Å². The number of aromatic nitrogens is 1. The fourth-order valence-electron chi connectivity index (χ4n) is 2.96. The maximum Gasteiger partial charge on any atom is 0.260 e. The zero-order chi connectivity index (χ0) is 18.6. The van der Waals surface area contributed by atoms with Crippen molar-refractivity contribution in [2.45, 2.75) is 26.3 Å². The van der Waals surface area contributed by atoms with Crippen LogP contribution in [0, 0.1) is 5.41 Å².